The van der Waals surface area contributed by atoms with Gasteiger partial charge in [-0.05, 0) is 37.6 Å². The van der Waals surface area contributed by atoms with E-state index >= 15 is 0 Å². The number of rotatable bonds is 6. The number of amides is 1. The van der Waals surface area contributed by atoms with Crippen LogP contribution in [0.5, 0.6) is 0 Å². The van der Waals surface area contributed by atoms with Crippen LogP contribution in [0.3, 0.4) is 0 Å². The van der Waals surface area contributed by atoms with Gasteiger partial charge in [-0.2, -0.15) is 0 Å². The van der Waals surface area contributed by atoms with E-state index < -0.39 is 0 Å². The molecule has 3 N–H and O–H groups in total. The molecule has 0 heterocycles. The maximum atomic E-state index is 12.0. The summed E-state index contributed by atoms with van der Waals surface area (Å²) in [5.74, 6) is -0.0910. The van der Waals surface area contributed by atoms with Crippen molar-refractivity contribution in [2.24, 2.45) is 5.73 Å². The minimum Gasteiger partial charge on any atom is -0.378 e. The third kappa shape index (κ3) is 3.74. The minimum absolute atomic E-state index is 0.0561. The maximum absolute atomic E-state index is 12.0. The van der Waals surface area contributed by atoms with E-state index in [9.17, 15) is 4.79 Å². The highest BCUT2D eigenvalue weighted by molar-refractivity contribution is 5.83. The van der Waals surface area contributed by atoms with Gasteiger partial charge >= 0.3 is 0 Å². The standard InChI is InChI=1S/C14H23N3O/c1-4-16-14(18)13(9-10-15)11-5-7-12(8-6-11)17(2)3/h5-8,13H,4,9-10,15H2,1-3H3,(H,16,18). The Kier molecular flexibility index (Phi) is 5.65. The fourth-order valence-corrected chi connectivity index (χ4v) is 1.92. The molecule has 0 saturated carbocycles. The zero-order valence-electron chi connectivity index (χ0n) is 11.4. The van der Waals surface area contributed by atoms with E-state index in [4.69, 9.17) is 5.73 Å². The van der Waals surface area contributed by atoms with Crippen LogP contribution in [0.25, 0.3) is 0 Å². The molecule has 1 amide bonds. The number of benzene rings is 1. The van der Waals surface area contributed by atoms with Crippen LogP contribution < -0.4 is 16.0 Å². The molecular weight excluding hydrogens is 226 g/mol. The summed E-state index contributed by atoms with van der Waals surface area (Å²) < 4.78 is 0. The molecule has 1 rings (SSSR count). The zero-order chi connectivity index (χ0) is 13.5. The Morgan fingerprint density at radius 1 is 1.33 bits per heavy atom. The molecule has 0 aliphatic heterocycles. The van der Waals surface area contributed by atoms with Crippen LogP contribution in [0.1, 0.15) is 24.8 Å². The number of hydrogen-bond acceptors (Lipinski definition) is 3. The topological polar surface area (TPSA) is 58.4 Å². The van der Waals surface area contributed by atoms with E-state index in [1.165, 1.54) is 0 Å². The predicted octanol–water partition coefficient (Wildman–Crippen LogP) is 1.32. The first-order chi connectivity index (χ1) is 8.60. The van der Waals surface area contributed by atoms with Crippen LogP contribution in [0, 0.1) is 0 Å². The van der Waals surface area contributed by atoms with E-state index in [1.54, 1.807) is 0 Å². The van der Waals surface area contributed by atoms with E-state index in [-0.39, 0.29) is 11.8 Å². The first kappa shape index (κ1) is 14.5. The zero-order valence-corrected chi connectivity index (χ0v) is 11.4. The number of anilines is 1. The van der Waals surface area contributed by atoms with Crippen molar-refractivity contribution < 1.29 is 4.79 Å². The summed E-state index contributed by atoms with van der Waals surface area (Å²) >= 11 is 0. The molecule has 4 nitrogen and oxygen atoms in total. The predicted molar refractivity (Wildman–Crippen MR) is 75.9 cm³/mol. The Morgan fingerprint density at radius 3 is 2.39 bits per heavy atom. The highest BCUT2D eigenvalue weighted by Gasteiger charge is 2.18. The van der Waals surface area contributed by atoms with Crippen LogP contribution in [-0.4, -0.2) is 33.1 Å². The molecule has 0 aromatic heterocycles. The molecule has 0 radical (unpaired) electrons. The van der Waals surface area contributed by atoms with Gasteiger partial charge in [0.05, 0.1) is 5.92 Å². The molecule has 0 spiro atoms. The molecule has 18 heavy (non-hydrogen) atoms. The molecule has 1 aromatic carbocycles. The molecule has 100 valence electrons. The Morgan fingerprint density at radius 2 is 1.94 bits per heavy atom. The lowest BCUT2D eigenvalue weighted by Crippen LogP contribution is -2.30. The van der Waals surface area contributed by atoms with Crippen LogP contribution in [-0.2, 0) is 4.79 Å². The Labute approximate surface area is 109 Å². The monoisotopic (exact) mass is 249 g/mol. The number of carbonyl (C=O) groups is 1. The first-order valence-corrected chi connectivity index (χ1v) is 6.35. The van der Waals surface area contributed by atoms with Crippen molar-refractivity contribution in [1.29, 1.82) is 0 Å². The van der Waals surface area contributed by atoms with Crippen molar-refractivity contribution >= 4 is 11.6 Å². The third-order valence-corrected chi connectivity index (χ3v) is 2.93. The van der Waals surface area contributed by atoms with Crippen LogP contribution >= 0.6 is 0 Å². The van der Waals surface area contributed by atoms with Crippen molar-refractivity contribution in [3.63, 3.8) is 0 Å². The summed E-state index contributed by atoms with van der Waals surface area (Å²) in [4.78, 5) is 14.0. The van der Waals surface area contributed by atoms with Crippen LogP contribution in [0.15, 0.2) is 24.3 Å². The smallest absolute Gasteiger partial charge is 0.227 e. The first-order valence-electron chi connectivity index (χ1n) is 6.35. The molecule has 0 bridgehead atoms. The second-order valence-corrected chi connectivity index (χ2v) is 4.51. The second kappa shape index (κ2) is 7.01. The van der Waals surface area contributed by atoms with Gasteiger partial charge in [-0.25, -0.2) is 0 Å². The van der Waals surface area contributed by atoms with E-state index in [0.717, 1.165) is 11.3 Å². The molecule has 1 aromatic rings. The molecular formula is C14H23N3O. The van der Waals surface area contributed by atoms with Crippen LogP contribution in [0.2, 0.25) is 0 Å². The fourth-order valence-electron chi connectivity index (χ4n) is 1.92. The number of hydrogen-bond donors (Lipinski definition) is 2. The number of nitrogens with two attached hydrogens (primary N) is 1. The molecule has 1 atom stereocenters. The van der Waals surface area contributed by atoms with Gasteiger partial charge in [-0.3, -0.25) is 4.79 Å². The summed E-state index contributed by atoms with van der Waals surface area (Å²) in [6.45, 7) is 3.08. The summed E-state index contributed by atoms with van der Waals surface area (Å²) in [7, 11) is 3.99. The fraction of sp³-hybridized carbons (Fsp3) is 0.500. The third-order valence-electron chi connectivity index (χ3n) is 2.93. The molecule has 4 heteroatoms. The summed E-state index contributed by atoms with van der Waals surface area (Å²) in [5, 5.41) is 2.86. The Balaban J connectivity index is 2.88. The van der Waals surface area contributed by atoms with Gasteiger partial charge in [0.1, 0.15) is 0 Å². The quantitative estimate of drug-likeness (QED) is 0.799. The highest BCUT2D eigenvalue weighted by atomic mass is 16.1. The molecule has 0 aliphatic carbocycles. The van der Waals surface area contributed by atoms with Gasteiger partial charge in [-0.1, -0.05) is 12.1 Å². The molecule has 0 fully saturated rings. The van der Waals surface area contributed by atoms with Gasteiger partial charge in [0.15, 0.2) is 0 Å². The summed E-state index contributed by atoms with van der Waals surface area (Å²) in [6.07, 6.45) is 0.674. The molecule has 1 unspecified atom stereocenters. The van der Waals surface area contributed by atoms with E-state index in [2.05, 4.69) is 5.32 Å². The van der Waals surface area contributed by atoms with Crippen molar-refractivity contribution in [2.45, 2.75) is 19.3 Å². The van der Waals surface area contributed by atoms with Crippen molar-refractivity contribution in [2.75, 3.05) is 32.1 Å². The Bertz CT molecular complexity index is 373. The van der Waals surface area contributed by atoms with E-state index in [0.29, 0.717) is 19.5 Å². The van der Waals surface area contributed by atoms with Gasteiger partial charge in [0.25, 0.3) is 0 Å². The van der Waals surface area contributed by atoms with Crippen molar-refractivity contribution in [3.05, 3.63) is 29.8 Å². The number of likely N-dealkylation sites (N-methyl/N-ethyl adjacent to an activating group) is 1. The summed E-state index contributed by atoms with van der Waals surface area (Å²) in [5.41, 5.74) is 7.74. The molecule has 0 aliphatic rings. The van der Waals surface area contributed by atoms with Gasteiger partial charge in [0.2, 0.25) is 5.91 Å². The number of nitrogens with one attached hydrogen (secondary N) is 1. The van der Waals surface area contributed by atoms with Gasteiger partial charge in [0, 0.05) is 26.3 Å². The maximum Gasteiger partial charge on any atom is 0.227 e. The lowest BCUT2D eigenvalue weighted by Gasteiger charge is -2.18. The number of nitrogens with zero attached hydrogens (tertiary/aromatic N) is 1. The van der Waals surface area contributed by atoms with Gasteiger partial charge in [-0.15, -0.1) is 0 Å². The summed E-state index contributed by atoms with van der Waals surface area (Å²) in [6, 6.07) is 8.06. The molecule has 0 saturated heterocycles. The largest absolute Gasteiger partial charge is 0.378 e. The average molecular weight is 249 g/mol. The van der Waals surface area contributed by atoms with Crippen molar-refractivity contribution in [3.8, 4) is 0 Å². The lowest BCUT2D eigenvalue weighted by molar-refractivity contribution is -0.122. The van der Waals surface area contributed by atoms with Crippen LogP contribution in [0.4, 0.5) is 5.69 Å². The Hall–Kier alpha value is -1.55. The normalized spacial score (nSPS) is 12.0. The van der Waals surface area contributed by atoms with Crippen molar-refractivity contribution in [1.82, 2.24) is 5.32 Å². The van der Waals surface area contributed by atoms with Gasteiger partial charge < -0.3 is 16.0 Å². The SMILES string of the molecule is CCNC(=O)C(CCN)c1ccc(N(C)C)cc1. The minimum atomic E-state index is -0.147. The lowest BCUT2D eigenvalue weighted by atomic mass is 9.94. The average Bonchev–Trinajstić information content (AvgIpc) is 2.36. The van der Waals surface area contributed by atoms with E-state index in [1.807, 2.05) is 50.2 Å². The number of carbonyl (C=O) groups excluding carboxylic acids is 1. The highest BCUT2D eigenvalue weighted by Crippen LogP contribution is 2.22. The second-order valence-electron chi connectivity index (χ2n) is 4.51.